The molecule has 0 heterocycles. The first kappa shape index (κ1) is 28.5. The third-order valence-corrected chi connectivity index (χ3v) is 6.96. The van der Waals surface area contributed by atoms with Gasteiger partial charge in [0.25, 0.3) is 0 Å². The van der Waals surface area contributed by atoms with Crippen LogP contribution >= 0.6 is 11.6 Å². The largest absolute Gasteiger partial charge is 0.497 e. The molecule has 10 heteroatoms. The Morgan fingerprint density at radius 3 is 2.51 bits per heavy atom. The van der Waals surface area contributed by atoms with Crippen LogP contribution < -0.4 is 14.4 Å². The summed E-state index contributed by atoms with van der Waals surface area (Å²) >= 11 is 6.12. The van der Waals surface area contributed by atoms with Crippen LogP contribution in [0.4, 0.5) is 5.69 Å². The molecule has 2 rings (SSSR count). The highest BCUT2D eigenvalue weighted by molar-refractivity contribution is 7.92. The van der Waals surface area contributed by atoms with E-state index in [1.165, 1.54) is 11.0 Å². The summed E-state index contributed by atoms with van der Waals surface area (Å²) in [7, 11) is -2.28. The summed E-state index contributed by atoms with van der Waals surface area (Å²) in [5, 5.41) is 3.20. The fourth-order valence-corrected chi connectivity index (χ4v) is 4.60. The molecule has 2 aromatic rings. The lowest BCUT2D eigenvalue weighted by atomic mass is 10.1. The van der Waals surface area contributed by atoms with E-state index in [9.17, 15) is 18.0 Å². The van der Waals surface area contributed by atoms with Gasteiger partial charge in [-0.25, -0.2) is 8.42 Å². The van der Waals surface area contributed by atoms with Gasteiger partial charge >= 0.3 is 0 Å². The van der Waals surface area contributed by atoms with Gasteiger partial charge in [-0.1, -0.05) is 43.1 Å². The number of halogens is 1. The molecule has 0 aliphatic rings. The van der Waals surface area contributed by atoms with Crippen molar-refractivity contribution in [2.24, 2.45) is 0 Å². The number of amides is 2. The molecule has 0 bridgehead atoms. The zero-order chi connectivity index (χ0) is 26.2. The number of aryl methyl sites for hydroxylation is 1. The average Bonchev–Trinajstić information content (AvgIpc) is 2.81. The number of nitrogens with zero attached hydrogens (tertiary/aromatic N) is 2. The zero-order valence-corrected chi connectivity index (χ0v) is 22.4. The lowest BCUT2D eigenvalue weighted by Gasteiger charge is -2.32. The van der Waals surface area contributed by atoms with E-state index in [0.717, 1.165) is 29.0 Å². The minimum Gasteiger partial charge on any atom is -0.497 e. The first-order valence-electron chi connectivity index (χ1n) is 11.4. The number of rotatable bonds is 12. The number of carbonyl (C=O) groups is 2. The van der Waals surface area contributed by atoms with Crippen LogP contribution in [0.5, 0.6) is 5.75 Å². The number of benzene rings is 2. The first-order chi connectivity index (χ1) is 16.5. The number of anilines is 1. The minimum atomic E-state index is -3.83. The minimum absolute atomic E-state index is 0.102. The van der Waals surface area contributed by atoms with Crippen molar-refractivity contribution >= 4 is 39.1 Å². The first-order valence-corrected chi connectivity index (χ1v) is 13.6. The van der Waals surface area contributed by atoms with Gasteiger partial charge in [-0.2, -0.15) is 0 Å². The highest BCUT2D eigenvalue weighted by Gasteiger charge is 2.30. The maximum Gasteiger partial charge on any atom is 0.244 e. The lowest BCUT2D eigenvalue weighted by Crippen LogP contribution is -2.51. The molecule has 2 amide bonds. The van der Waals surface area contributed by atoms with Gasteiger partial charge in [-0.3, -0.25) is 13.9 Å². The van der Waals surface area contributed by atoms with E-state index in [2.05, 4.69) is 5.32 Å². The van der Waals surface area contributed by atoms with E-state index >= 15 is 0 Å². The van der Waals surface area contributed by atoms with Crippen LogP contribution in [0.2, 0.25) is 5.02 Å². The summed E-state index contributed by atoms with van der Waals surface area (Å²) in [4.78, 5) is 27.8. The molecule has 0 radical (unpaired) electrons. The van der Waals surface area contributed by atoms with Crippen molar-refractivity contribution in [2.45, 2.75) is 46.2 Å². The van der Waals surface area contributed by atoms with Crippen LogP contribution in [0.15, 0.2) is 42.5 Å². The highest BCUT2D eigenvalue weighted by atomic mass is 35.5. The van der Waals surface area contributed by atoms with Gasteiger partial charge in [0, 0.05) is 18.1 Å². The Balaban J connectivity index is 2.41. The van der Waals surface area contributed by atoms with Crippen LogP contribution in [0.1, 0.15) is 37.8 Å². The summed E-state index contributed by atoms with van der Waals surface area (Å²) in [6.45, 7) is 5.52. The third kappa shape index (κ3) is 8.14. The van der Waals surface area contributed by atoms with Crippen molar-refractivity contribution in [2.75, 3.05) is 30.8 Å². The van der Waals surface area contributed by atoms with Crippen LogP contribution in [-0.4, -0.2) is 57.6 Å². The number of hydrogen-bond donors (Lipinski definition) is 1. The number of ether oxygens (including phenoxy) is 1. The summed E-state index contributed by atoms with van der Waals surface area (Å²) in [6.07, 6.45) is 2.77. The molecular formula is C25H34ClN3O5S. The van der Waals surface area contributed by atoms with Gasteiger partial charge in [0.2, 0.25) is 21.8 Å². The molecule has 0 unspecified atom stereocenters. The maximum absolute atomic E-state index is 13.6. The molecule has 35 heavy (non-hydrogen) atoms. The van der Waals surface area contributed by atoms with E-state index in [1.54, 1.807) is 51.3 Å². The molecule has 0 saturated heterocycles. The highest BCUT2D eigenvalue weighted by Crippen LogP contribution is 2.27. The Kier molecular flexibility index (Phi) is 10.4. The zero-order valence-electron chi connectivity index (χ0n) is 20.9. The molecule has 8 nitrogen and oxygen atoms in total. The van der Waals surface area contributed by atoms with Crippen LogP contribution in [-0.2, 0) is 26.2 Å². The molecule has 1 N–H and O–H groups in total. The number of sulfonamides is 1. The second kappa shape index (κ2) is 12.8. The molecule has 0 aliphatic heterocycles. The van der Waals surface area contributed by atoms with Gasteiger partial charge in [-0.05, 0) is 55.7 Å². The van der Waals surface area contributed by atoms with Gasteiger partial charge in [0.1, 0.15) is 18.3 Å². The molecule has 1 atom stereocenters. The van der Waals surface area contributed by atoms with Crippen LogP contribution in [0.25, 0.3) is 0 Å². The van der Waals surface area contributed by atoms with Gasteiger partial charge in [-0.15, -0.1) is 0 Å². The van der Waals surface area contributed by atoms with Crippen molar-refractivity contribution < 1.29 is 22.7 Å². The molecule has 0 saturated carbocycles. The van der Waals surface area contributed by atoms with Crippen molar-refractivity contribution in [3.8, 4) is 5.75 Å². The van der Waals surface area contributed by atoms with E-state index in [-0.39, 0.29) is 12.5 Å². The SMILES string of the molecule is CCCCNC(=O)[C@H](C)N(Cc1cccc(OC)c1)C(=O)CN(c1cc(Cl)ccc1C)S(C)(=O)=O. The second-order valence-corrected chi connectivity index (χ2v) is 10.7. The predicted octanol–water partition coefficient (Wildman–Crippen LogP) is 3.76. The smallest absolute Gasteiger partial charge is 0.244 e. The average molecular weight is 524 g/mol. The maximum atomic E-state index is 13.6. The number of methoxy groups -OCH3 is 1. The van der Waals surface area contributed by atoms with Crippen molar-refractivity contribution in [3.05, 3.63) is 58.6 Å². The molecule has 2 aromatic carbocycles. The standard InChI is InChI=1S/C25H34ClN3O5S/c1-6-7-13-27-25(31)19(3)28(16-20-9-8-10-22(14-20)34-4)24(30)17-29(35(5,32)33)23-15-21(26)12-11-18(23)2/h8-12,14-15,19H,6-7,13,16-17H2,1-5H3,(H,27,31)/t19-/m0/s1. The normalized spacial score (nSPS) is 12.1. The Morgan fingerprint density at radius 2 is 1.89 bits per heavy atom. The van der Waals surface area contributed by atoms with Gasteiger partial charge in [0.05, 0.1) is 19.1 Å². The Morgan fingerprint density at radius 1 is 1.17 bits per heavy atom. The molecule has 0 aromatic heterocycles. The Labute approximate surface area is 213 Å². The van der Waals surface area contributed by atoms with Crippen LogP contribution in [0.3, 0.4) is 0 Å². The quantitative estimate of drug-likeness (QED) is 0.427. The van der Waals surface area contributed by atoms with Gasteiger partial charge < -0.3 is 15.0 Å². The number of nitrogens with one attached hydrogen (secondary N) is 1. The third-order valence-electron chi connectivity index (χ3n) is 5.60. The molecule has 0 fully saturated rings. The lowest BCUT2D eigenvalue weighted by molar-refractivity contribution is -0.139. The monoisotopic (exact) mass is 523 g/mol. The summed E-state index contributed by atoms with van der Waals surface area (Å²) < 4.78 is 31.7. The second-order valence-electron chi connectivity index (χ2n) is 8.39. The Bertz CT molecular complexity index is 1140. The predicted molar refractivity (Wildman–Crippen MR) is 139 cm³/mol. The van der Waals surface area contributed by atoms with E-state index < -0.39 is 28.5 Å². The Hall–Kier alpha value is -2.78. The van der Waals surface area contributed by atoms with Crippen molar-refractivity contribution in [1.82, 2.24) is 10.2 Å². The number of carbonyl (C=O) groups excluding carboxylic acids is 2. The van der Waals surface area contributed by atoms with Gasteiger partial charge in [0.15, 0.2) is 0 Å². The van der Waals surface area contributed by atoms with Crippen molar-refractivity contribution in [1.29, 1.82) is 0 Å². The van der Waals surface area contributed by atoms with E-state index in [1.807, 2.05) is 13.0 Å². The molecular weight excluding hydrogens is 490 g/mol. The van der Waals surface area contributed by atoms with Crippen molar-refractivity contribution in [3.63, 3.8) is 0 Å². The molecule has 0 spiro atoms. The van der Waals surface area contributed by atoms with E-state index in [0.29, 0.717) is 28.6 Å². The number of hydrogen-bond acceptors (Lipinski definition) is 5. The summed E-state index contributed by atoms with van der Waals surface area (Å²) in [6, 6.07) is 11.2. The van der Waals surface area contributed by atoms with E-state index in [4.69, 9.17) is 16.3 Å². The fourth-order valence-electron chi connectivity index (χ4n) is 3.53. The number of unbranched alkanes of at least 4 members (excludes halogenated alkanes) is 1. The topological polar surface area (TPSA) is 96.0 Å². The molecule has 0 aliphatic carbocycles. The fraction of sp³-hybridized carbons (Fsp3) is 0.440. The molecule has 192 valence electrons. The summed E-state index contributed by atoms with van der Waals surface area (Å²) in [5.74, 6) is -0.211. The van der Waals surface area contributed by atoms with Crippen LogP contribution in [0, 0.1) is 6.92 Å². The summed E-state index contributed by atoms with van der Waals surface area (Å²) in [5.41, 5.74) is 1.71.